The molecular formula is C38H51N7O5. The highest BCUT2D eigenvalue weighted by molar-refractivity contribution is 6.00. The predicted molar refractivity (Wildman–Crippen MR) is 192 cm³/mol. The second kappa shape index (κ2) is 17.8. The number of nitrogens with one attached hydrogen (secondary N) is 3. The minimum absolute atomic E-state index is 0.0568. The van der Waals surface area contributed by atoms with Crippen LogP contribution in [0.25, 0.3) is 0 Å². The first-order chi connectivity index (χ1) is 24.2. The molecule has 2 aromatic carbocycles. The van der Waals surface area contributed by atoms with Gasteiger partial charge in [0.15, 0.2) is 0 Å². The van der Waals surface area contributed by atoms with Gasteiger partial charge in [-0.15, -0.1) is 0 Å². The zero-order chi connectivity index (χ0) is 35.5. The number of aryl methyl sites for hydroxylation is 2. The number of hydrogen-bond acceptors (Lipinski definition) is 7. The second-order valence-corrected chi connectivity index (χ2v) is 13.3. The third-order valence-corrected chi connectivity index (χ3v) is 9.87. The van der Waals surface area contributed by atoms with Crippen LogP contribution >= 0.6 is 0 Å². The van der Waals surface area contributed by atoms with E-state index in [0.717, 1.165) is 63.1 Å². The summed E-state index contributed by atoms with van der Waals surface area (Å²) in [6.45, 7) is 5.26. The van der Waals surface area contributed by atoms with Crippen molar-refractivity contribution >= 4 is 29.3 Å². The van der Waals surface area contributed by atoms with E-state index >= 15 is 0 Å². The molecule has 2 fully saturated rings. The number of benzene rings is 2. The number of anilines is 1. The van der Waals surface area contributed by atoms with Crippen LogP contribution < -0.4 is 20.7 Å². The lowest BCUT2D eigenvalue weighted by Gasteiger charge is -2.36. The van der Waals surface area contributed by atoms with Gasteiger partial charge in [-0.1, -0.05) is 50.5 Å². The van der Waals surface area contributed by atoms with Crippen molar-refractivity contribution in [1.82, 2.24) is 30.2 Å². The first-order valence-corrected chi connectivity index (χ1v) is 17.9. The molecule has 12 nitrogen and oxygen atoms in total. The Hall–Kier alpha value is -4.71. The molecule has 1 aliphatic heterocycles. The van der Waals surface area contributed by atoms with E-state index in [0.29, 0.717) is 43.7 Å². The maximum Gasteiger partial charge on any atom is 0.270 e. The molecule has 1 aromatic heterocycles. The van der Waals surface area contributed by atoms with Gasteiger partial charge in [0.25, 0.3) is 5.91 Å². The predicted octanol–water partition coefficient (Wildman–Crippen LogP) is 3.92. The van der Waals surface area contributed by atoms with E-state index in [1.54, 1.807) is 33.3 Å². The van der Waals surface area contributed by atoms with Crippen molar-refractivity contribution in [2.24, 2.45) is 13.0 Å². The normalized spacial score (nSPS) is 16.7. The fraction of sp³-hybridized carbons (Fsp3) is 0.500. The third-order valence-electron chi connectivity index (χ3n) is 9.87. The summed E-state index contributed by atoms with van der Waals surface area (Å²) in [5, 5.41) is 13.0. The Morgan fingerprint density at radius 1 is 0.920 bits per heavy atom. The molecule has 3 N–H and O–H groups in total. The average molecular weight is 686 g/mol. The molecule has 0 unspecified atom stereocenters. The number of ether oxygens (including phenoxy) is 1. The number of piperazine rings is 1. The molecule has 2 atom stereocenters. The van der Waals surface area contributed by atoms with Crippen molar-refractivity contribution in [2.45, 2.75) is 76.9 Å². The Bertz CT molecular complexity index is 1590. The first-order valence-electron chi connectivity index (χ1n) is 17.9. The van der Waals surface area contributed by atoms with Crippen LogP contribution in [-0.4, -0.2) is 88.6 Å². The third kappa shape index (κ3) is 9.93. The second-order valence-electron chi connectivity index (χ2n) is 13.3. The molecule has 3 aromatic rings. The van der Waals surface area contributed by atoms with E-state index in [9.17, 15) is 19.2 Å². The van der Waals surface area contributed by atoms with E-state index in [1.165, 1.54) is 10.2 Å². The molecule has 2 aliphatic rings. The number of nitrogens with zero attached hydrogens (tertiary/aromatic N) is 4. The molecule has 1 aliphatic carbocycles. The van der Waals surface area contributed by atoms with Crippen molar-refractivity contribution in [1.29, 1.82) is 0 Å². The quantitative estimate of drug-likeness (QED) is 0.234. The van der Waals surface area contributed by atoms with Crippen molar-refractivity contribution in [2.75, 3.05) is 38.6 Å². The van der Waals surface area contributed by atoms with Gasteiger partial charge in [-0.2, -0.15) is 5.10 Å². The maximum absolute atomic E-state index is 13.7. The minimum atomic E-state index is -0.657. The number of methoxy groups -OCH3 is 1. The average Bonchev–Trinajstić information content (AvgIpc) is 3.58. The van der Waals surface area contributed by atoms with E-state index in [-0.39, 0.29) is 29.5 Å². The standard InChI is InChI=1S/C38H51N7O5/c1-4-34(46)41-32(38(49)45-23-21-44(22-24-45)26-28-9-8-12-31(25-28)50-3)18-15-27-13-16-30(17-14-27)40-37(48)35(29-10-6-5-7-11-29)42-36(47)33-19-20-39-43(33)2/h8-9,12-14,16-17,19-20,25,29,32,35H,4-7,10-11,15,18,21-24,26H2,1-3H3,(H,40,48)(H,41,46)(H,42,47)/t32-,35+/m1/s1. The first kappa shape index (κ1) is 36.6. The summed E-state index contributed by atoms with van der Waals surface area (Å²) < 4.78 is 6.85. The molecule has 12 heteroatoms. The molecule has 0 bridgehead atoms. The Labute approximate surface area is 294 Å². The fourth-order valence-electron chi connectivity index (χ4n) is 6.89. The number of amides is 4. The van der Waals surface area contributed by atoms with Crippen LogP contribution in [0.15, 0.2) is 60.8 Å². The van der Waals surface area contributed by atoms with Gasteiger partial charge < -0.3 is 25.6 Å². The Kier molecular flexibility index (Phi) is 13.0. The van der Waals surface area contributed by atoms with Crippen LogP contribution in [0.3, 0.4) is 0 Å². The monoisotopic (exact) mass is 685 g/mol. The molecule has 2 heterocycles. The van der Waals surface area contributed by atoms with Gasteiger partial charge in [-0.25, -0.2) is 0 Å². The Balaban J connectivity index is 1.16. The lowest BCUT2D eigenvalue weighted by molar-refractivity contribution is -0.138. The SMILES string of the molecule is CCC(=O)N[C@H](CCc1ccc(NC(=O)[C@@H](NC(=O)c2ccnn2C)C2CCCCC2)cc1)C(=O)N1CCN(Cc2cccc(OC)c2)CC1. The van der Waals surface area contributed by atoms with Gasteiger partial charge >= 0.3 is 0 Å². The molecular weight excluding hydrogens is 634 g/mol. The molecule has 50 heavy (non-hydrogen) atoms. The van der Waals surface area contributed by atoms with E-state index < -0.39 is 12.1 Å². The number of rotatable bonds is 14. The summed E-state index contributed by atoms with van der Waals surface area (Å²) in [6.07, 6.45) is 7.89. The smallest absolute Gasteiger partial charge is 0.270 e. The minimum Gasteiger partial charge on any atom is -0.497 e. The summed E-state index contributed by atoms with van der Waals surface area (Å²) in [5.41, 5.74) is 3.19. The number of carbonyl (C=O) groups excluding carboxylic acids is 4. The van der Waals surface area contributed by atoms with E-state index in [2.05, 4.69) is 32.0 Å². The number of hydrogen-bond donors (Lipinski definition) is 3. The molecule has 1 saturated carbocycles. The molecule has 0 radical (unpaired) electrons. The highest BCUT2D eigenvalue weighted by Crippen LogP contribution is 2.28. The van der Waals surface area contributed by atoms with Crippen molar-refractivity contribution in [3.63, 3.8) is 0 Å². The van der Waals surface area contributed by atoms with Crippen LogP contribution in [0.4, 0.5) is 5.69 Å². The Morgan fingerprint density at radius 2 is 1.66 bits per heavy atom. The van der Waals surface area contributed by atoms with Gasteiger partial charge in [0, 0.05) is 58.1 Å². The topological polar surface area (TPSA) is 138 Å². The lowest BCUT2D eigenvalue weighted by Crippen LogP contribution is -2.54. The van der Waals surface area contributed by atoms with Crippen molar-refractivity contribution in [3.05, 3.63) is 77.6 Å². The molecule has 4 amide bonds. The van der Waals surface area contributed by atoms with Gasteiger partial charge in [0.05, 0.1) is 7.11 Å². The molecule has 5 rings (SSSR count). The lowest BCUT2D eigenvalue weighted by atomic mass is 9.83. The van der Waals surface area contributed by atoms with Crippen LogP contribution in [-0.2, 0) is 34.4 Å². The highest BCUT2D eigenvalue weighted by atomic mass is 16.5. The summed E-state index contributed by atoms with van der Waals surface area (Å²) >= 11 is 0. The van der Waals surface area contributed by atoms with Gasteiger partial charge in [-0.3, -0.25) is 28.8 Å². The van der Waals surface area contributed by atoms with Gasteiger partial charge in [0.2, 0.25) is 17.7 Å². The highest BCUT2D eigenvalue weighted by Gasteiger charge is 2.32. The van der Waals surface area contributed by atoms with Gasteiger partial charge in [-0.05, 0) is 73.1 Å². The zero-order valence-electron chi connectivity index (χ0n) is 29.5. The van der Waals surface area contributed by atoms with Crippen molar-refractivity contribution < 1.29 is 23.9 Å². The summed E-state index contributed by atoms with van der Waals surface area (Å²) in [6, 6.07) is 15.9. The number of aromatic nitrogens is 2. The molecule has 0 spiro atoms. The molecule has 1 saturated heterocycles. The molecule has 268 valence electrons. The zero-order valence-corrected chi connectivity index (χ0v) is 29.5. The van der Waals surface area contributed by atoms with Crippen LogP contribution in [0.5, 0.6) is 5.75 Å². The van der Waals surface area contributed by atoms with Crippen LogP contribution in [0.2, 0.25) is 0 Å². The largest absolute Gasteiger partial charge is 0.497 e. The maximum atomic E-state index is 13.7. The Morgan fingerprint density at radius 3 is 2.32 bits per heavy atom. The summed E-state index contributed by atoms with van der Waals surface area (Å²) in [4.78, 5) is 56.9. The summed E-state index contributed by atoms with van der Waals surface area (Å²) in [7, 11) is 3.36. The summed E-state index contributed by atoms with van der Waals surface area (Å²) in [5.74, 6) is 0.122. The van der Waals surface area contributed by atoms with E-state index in [4.69, 9.17) is 4.74 Å². The van der Waals surface area contributed by atoms with Crippen LogP contribution in [0.1, 0.15) is 73.5 Å². The van der Waals surface area contributed by atoms with Gasteiger partial charge in [0.1, 0.15) is 23.5 Å². The van der Waals surface area contributed by atoms with Crippen molar-refractivity contribution in [3.8, 4) is 5.75 Å². The van der Waals surface area contributed by atoms with E-state index in [1.807, 2.05) is 47.4 Å². The fourth-order valence-corrected chi connectivity index (χ4v) is 6.89. The van der Waals surface area contributed by atoms with Crippen LogP contribution in [0, 0.1) is 5.92 Å². The number of carbonyl (C=O) groups is 4.